The van der Waals surface area contributed by atoms with E-state index in [0.717, 1.165) is 6.08 Å². The van der Waals surface area contributed by atoms with Crippen LogP contribution in [0.2, 0.25) is 0 Å². The highest BCUT2D eigenvalue weighted by Gasteiger charge is 2.47. The number of methoxy groups -OCH3 is 2. The van der Waals surface area contributed by atoms with E-state index < -0.39 is 55.1 Å². The maximum Gasteiger partial charge on any atom is 0.371 e. The summed E-state index contributed by atoms with van der Waals surface area (Å²) < 4.78 is 33.7. The maximum absolute atomic E-state index is 11.9. The Morgan fingerprint density at radius 3 is 2.27 bits per heavy atom. The van der Waals surface area contributed by atoms with Gasteiger partial charge in [0, 0.05) is 29.4 Å². The SMILES string of the molecule is COc1cc(C2=C(O[C@H]3O[C@H](CO)[C@@H](O)[C@@H](O)[C@@H]3O)C3=C4C(=CC(O)=CC4O2)OC(C(=O)O)=C3)cc(OC)c1O. The average Bonchev–Trinajstić information content (AvgIpc) is 2.93. The number of aliphatic hydroxyl groups is 5. The quantitative estimate of drug-likeness (QED) is 0.232. The van der Waals surface area contributed by atoms with Crippen molar-refractivity contribution in [2.75, 3.05) is 20.8 Å². The summed E-state index contributed by atoms with van der Waals surface area (Å²) in [6.45, 7) is -0.719. The second-order valence-electron chi connectivity index (χ2n) is 9.08. The molecule has 0 bridgehead atoms. The molecular formula is C26H26O14. The fourth-order valence-corrected chi connectivity index (χ4v) is 4.68. The zero-order chi connectivity index (χ0) is 28.9. The fourth-order valence-electron chi connectivity index (χ4n) is 4.68. The third-order valence-corrected chi connectivity index (χ3v) is 6.67. The highest BCUT2D eigenvalue weighted by atomic mass is 16.7. The minimum atomic E-state index is -1.81. The van der Waals surface area contributed by atoms with Gasteiger partial charge in [-0.3, -0.25) is 0 Å². The third kappa shape index (κ3) is 4.51. The number of hydrogen-bond acceptors (Lipinski definition) is 13. The summed E-state index contributed by atoms with van der Waals surface area (Å²) in [5.41, 5.74) is 0.565. The van der Waals surface area contributed by atoms with E-state index in [4.69, 9.17) is 28.4 Å². The second kappa shape index (κ2) is 10.4. The number of carboxylic acids is 1. The molecule has 1 aromatic rings. The van der Waals surface area contributed by atoms with Crippen LogP contribution in [0.15, 0.2) is 64.5 Å². The number of phenols is 1. The number of ether oxygens (including phenoxy) is 6. The van der Waals surface area contributed by atoms with Gasteiger partial charge in [0.15, 0.2) is 29.1 Å². The van der Waals surface area contributed by atoms with Gasteiger partial charge in [-0.15, -0.1) is 0 Å². The highest BCUT2D eigenvalue weighted by molar-refractivity contribution is 5.88. The molecule has 3 heterocycles. The molecule has 1 aromatic carbocycles. The van der Waals surface area contributed by atoms with Gasteiger partial charge in [-0.25, -0.2) is 4.79 Å². The van der Waals surface area contributed by atoms with Crippen LogP contribution in [0.25, 0.3) is 5.76 Å². The van der Waals surface area contributed by atoms with Crippen molar-refractivity contribution in [1.29, 1.82) is 0 Å². The third-order valence-electron chi connectivity index (χ3n) is 6.67. The first-order valence-electron chi connectivity index (χ1n) is 11.9. The molecule has 5 rings (SSSR count). The molecule has 0 spiro atoms. The molecule has 0 radical (unpaired) electrons. The number of rotatable bonds is 7. The van der Waals surface area contributed by atoms with Crippen LogP contribution < -0.4 is 9.47 Å². The van der Waals surface area contributed by atoms with E-state index in [0.29, 0.717) is 0 Å². The van der Waals surface area contributed by atoms with Crippen molar-refractivity contribution in [1.82, 2.24) is 0 Å². The number of allylic oxidation sites excluding steroid dienone is 2. The van der Waals surface area contributed by atoms with Crippen LogP contribution in [0.1, 0.15) is 5.56 Å². The second-order valence-corrected chi connectivity index (χ2v) is 9.08. The molecule has 3 aliphatic heterocycles. The number of hydrogen-bond donors (Lipinski definition) is 7. The van der Waals surface area contributed by atoms with E-state index in [9.17, 15) is 40.5 Å². The monoisotopic (exact) mass is 562 g/mol. The molecule has 0 aromatic heterocycles. The Labute approximate surface area is 226 Å². The van der Waals surface area contributed by atoms with Crippen LogP contribution in [0.4, 0.5) is 0 Å². The minimum absolute atomic E-state index is 0.0196. The van der Waals surface area contributed by atoms with Gasteiger partial charge in [-0.2, -0.15) is 0 Å². The minimum Gasteiger partial charge on any atom is -0.508 e. The Kier molecular flexibility index (Phi) is 7.12. The van der Waals surface area contributed by atoms with Crippen molar-refractivity contribution >= 4 is 11.7 Å². The predicted molar refractivity (Wildman–Crippen MR) is 130 cm³/mol. The van der Waals surface area contributed by atoms with E-state index in [1.165, 1.54) is 38.5 Å². The van der Waals surface area contributed by atoms with Gasteiger partial charge >= 0.3 is 5.97 Å². The topological polar surface area (TPSA) is 214 Å². The van der Waals surface area contributed by atoms with Crippen LogP contribution in [0.5, 0.6) is 17.2 Å². The van der Waals surface area contributed by atoms with Gasteiger partial charge in [0.25, 0.3) is 0 Å². The summed E-state index contributed by atoms with van der Waals surface area (Å²) in [6.07, 6.45) is -5.56. The summed E-state index contributed by atoms with van der Waals surface area (Å²) in [6, 6.07) is 2.75. The number of phenolic OH excluding ortho intramolecular Hbond substituents is 1. The summed E-state index contributed by atoms with van der Waals surface area (Å²) >= 11 is 0. The van der Waals surface area contributed by atoms with Gasteiger partial charge in [-0.05, 0) is 12.1 Å². The van der Waals surface area contributed by atoms with Crippen LogP contribution in [0.3, 0.4) is 0 Å². The first-order valence-corrected chi connectivity index (χ1v) is 11.9. The van der Waals surface area contributed by atoms with Crippen LogP contribution in [-0.2, 0) is 23.7 Å². The van der Waals surface area contributed by atoms with E-state index in [1.807, 2.05) is 0 Å². The zero-order valence-corrected chi connectivity index (χ0v) is 21.0. The summed E-state index contributed by atoms with van der Waals surface area (Å²) in [5, 5.41) is 71.2. The predicted octanol–water partition coefficient (Wildman–Crippen LogP) is -0.0720. The summed E-state index contributed by atoms with van der Waals surface area (Å²) in [5.74, 6) is -2.94. The van der Waals surface area contributed by atoms with E-state index in [2.05, 4.69) is 0 Å². The fraction of sp³-hybridized carbons (Fsp3) is 0.346. The Hall–Kier alpha value is -4.21. The zero-order valence-electron chi connectivity index (χ0n) is 21.0. The number of aliphatic hydroxyl groups excluding tert-OH is 5. The molecule has 7 N–H and O–H groups in total. The lowest BCUT2D eigenvalue weighted by Crippen LogP contribution is -2.59. The number of aromatic hydroxyl groups is 1. The van der Waals surface area contributed by atoms with Crippen LogP contribution in [0, 0.1) is 0 Å². The molecule has 4 aliphatic rings. The molecule has 214 valence electrons. The van der Waals surface area contributed by atoms with Crippen LogP contribution in [-0.4, -0.2) is 99.4 Å². The molecule has 1 saturated heterocycles. The smallest absolute Gasteiger partial charge is 0.371 e. The van der Waals surface area contributed by atoms with Crippen molar-refractivity contribution < 1.29 is 69.0 Å². The largest absolute Gasteiger partial charge is 0.508 e. The summed E-state index contributed by atoms with van der Waals surface area (Å²) in [4.78, 5) is 11.9. The lowest BCUT2D eigenvalue weighted by molar-refractivity contribution is -0.290. The van der Waals surface area contributed by atoms with Gasteiger partial charge in [-0.1, -0.05) is 0 Å². The Balaban J connectivity index is 1.73. The Bertz CT molecular complexity index is 1360. The lowest BCUT2D eigenvalue weighted by Gasteiger charge is -2.41. The molecule has 6 atom stereocenters. The Morgan fingerprint density at radius 2 is 1.68 bits per heavy atom. The van der Waals surface area contributed by atoms with E-state index >= 15 is 0 Å². The van der Waals surface area contributed by atoms with E-state index in [-0.39, 0.29) is 57.0 Å². The first-order chi connectivity index (χ1) is 19.1. The van der Waals surface area contributed by atoms with Crippen molar-refractivity contribution in [2.45, 2.75) is 36.8 Å². The molecular weight excluding hydrogens is 536 g/mol. The van der Waals surface area contributed by atoms with Gasteiger partial charge < -0.3 is 64.2 Å². The van der Waals surface area contributed by atoms with Crippen molar-refractivity contribution in [2.24, 2.45) is 0 Å². The van der Waals surface area contributed by atoms with Crippen molar-refractivity contribution in [3.63, 3.8) is 0 Å². The number of carbonyl (C=O) groups is 1. The van der Waals surface area contributed by atoms with Gasteiger partial charge in [0.05, 0.1) is 26.4 Å². The number of carboxylic acid groups (broad SMARTS) is 1. The van der Waals surface area contributed by atoms with Crippen LogP contribution >= 0.6 is 0 Å². The normalized spacial score (nSPS) is 29.3. The molecule has 1 aliphatic carbocycles. The van der Waals surface area contributed by atoms with Crippen molar-refractivity contribution in [3.8, 4) is 17.2 Å². The molecule has 1 unspecified atom stereocenters. The number of aliphatic carboxylic acids is 1. The average molecular weight is 562 g/mol. The van der Waals surface area contributed by atoms with Gasteiger partial charge in [0.1, 0.15) is 35.9 Å². The molecule has 0 amide bonds. The molecule has 0 saturated carbocycles. The molecule has 14 heteroatoms. The molecule has 14 nitrogen and oxygen atoms in total. The van der Waals surface area contributed by atoms with E-state index in [1.54, 1.807) is 0 Å². The lowest BCUT2D eigenvalue weighted by atomic mass is 9.89. The molecule has 40 heavy (non-hydrogen) atoms. The summed E-state index contributed by atoms with van der Waals surface area (Å²) in [7, 11) is 2.61. The van der Waals surface area contributed by atoms with Crippen molar-refractivity contribution in [3.05, 3.63) is 70.1 Å². The van der Waals surface area contributed by atoms with Gasteiger partial charge in [0.2, 0.25) is 17.8 Å². The first kappa shape index (κ1) is 27.4. The Morgan fingerprint density at radius 1 is 1.00 bits per heavy atom. The number of benzene rings is 1. The standard InChI is InChI=1S/C26H26O14/c1-35-14-3-9(4-15(36-2)19(14)29)23-24(40-26-22(32)21(31)20(30)17(8-27)39-26)11-7-16(25(33)34)37-12-5-10(28)6-13(38-23)18(11)12/h3-7,13,17,20-22,26-32H,8H2,1-2H3,(H,33,34)/t13?,17-,20-,21-,22+,26-/m1/s1. The molecule has 1 fully saturated rings. The highest BCUT2D eigenvalue weighted by Crippen LogP contribution is 2.48. The maximum atomic E-state index is 11.9.